The quantitative estimate of drug-likeness (QED) is 0.642. The lowest BCUT2D eigenvalue weighted by Crippen LogP contribution is -2.02. The SMILES string of the molecule is COc1ccc2c(c1)-c1nc(N=Cc3ccccc3OC)sc1CC2. The molecule has 0 fully saturated rings. The van der Waals surface area contributed by atoms with E-state index in [9.17, 15) is 0 Å². The topological polar surface area (TPSA) is 43.7 Å². The number of thiazole rings is 1. The van der Waals surface area contributed by atoms with E-state index in [1.54, 1.807) is 25.6 Å². The highest BCUT2D eigenvalue weighted by Gasteiger charge is 2.21. The first-order chi connectivity index (χ1) is 12.3. The van der Waals surface area contributed by atoms with Crippen LogP contribution in [0.5, 0.6) is 11.5 Å². The third-order valence-corrected chi connectivity index (χ3v) is 5.36. The summed E-state index contributed by atoms with van der Waals surface area (Å²) < 4.78 is 10.7. The molecule has 0 atom stereocenters. The Labute approximate surface area is 150 Å². The molecule has 0 bridgehead atoms. The van der Waals surface area contributed by atoms with Crippen LogP contribution in [0.1, 0.15) is 16.0 Å². The second-order valence-corrected chi connectivity index (χ2v) is 6.85. The second kappa shape index (κ2) is 6.69. The van der Waals surface area contributed by atoms with Crippen molar-refractivity contribution in [1.29, 1.82) is 0 Å². The van der Waals surface area contributed by atoms with Gasteiger partial charge in [-0.25, -0.2) is 9.98 Å². The van der Waals surface area contributed by atoms with Crippen molar-refractivity contribution in [3.8, 4) is 22.8 Å². The molecule has 0 radical (unpaired) electrons. The zero-order valence-corrected chi connectivity index (χ0v) is 15.0. The average Bonchev–Trinajstić information content (AvgIpc) is 3.09. The van der Waals surface area contributed by atoms with Gasteiger partial charge in [0.2, 0.25) is 5.13 Å². The van der Waals surface area contributed by atoms with Crippen molar-refractivity contribution in [1.82, 2.24) is 4.98 Å². The first-order valence-corrected chi connectivity index (χ1v) is 8.94. The van der Waals surface area contributed by atoms with Crippen molar-refractivity contribution in [3.63, 3.8) is 0 Å². The number of ether oxygens (including phenoxy) is 2. The third-order valence-electron chi connectivity index (χ3n) is 4.33. The maximum absolute atomic E-state index is 5.37. The summed E-state index contributed by atoms with van der Waals surface area (Å²) in [5.41, 5.74) is 4.46. The van der Waals surface area contributed by atoms with E-state index in [1.807, 2.05) is 36.5 Å². The highest BCUT2D eigenvalue weighted by Crippen LogP contribution is 2.40. The number of methoxy groups -OCH3 is 2. The fourth-order valence-corrected chi connectivity index (χ4v) is 3.96. The van der Waals surface area contributed by atoms with Gasteiger partial charge in [0.05, 0.1) is 19.9 Å². The molecule has 126 valence electrons. The molecule has 1 aliphatic carbocycles. The van der Waals surface area contributed by atoms with Gasteiger partial charge in [-0.3, -0.25) is 0 Å². The van der Waals surface area contributed by atoms with Gasteiger partial charge in [0.15, 0.2) is 0 Å². The molecule has 0 spiro atoms. The average molecular weight is 350 g/mol. The Morgan fingerprint density at radius 2 is 1.96 bits per heavy atom. The first-order valence-electron chi connectivity index (χ1n) is 8.12. The zero-order valence-electron chi connectivity index (χ0n) is 14.2. The van der Waals surface area contributed by atoms with E-state index in [0.717, 1.165) is 46.3 Å². The number of aliphatic imine (C=N–C) groups is 1. The van der Waals surface area contributed by atoms with E-state index < -0.39 is 0 Å². The van der Waals surface area contributed by atoms with Crippen LogP contribution in [0.4, 0.5) is 5.13 Å². The number of aromatic nitrogens is 1. The number of rotatable bonds is 4. The van der Waals surface area contributed by atoms with E-state index in [2.05, 4.69) is 17.1 Å². The Hall–Kier alpha value is -2.66. The number of hydrogen-bond donors (Lipinski definition) is 0. The first kappa shape index (κ1) is 15.8. The molecule has 5 heteroatoms. The number of para-hydroxylation sites is 1. The summed E-state index contributed by atoms with van der Waals surface area (Å²) >= 11 is 1.65. The summed E-state index contributed by atoms with van der Waals surface area (Å²) in [7, 11) is 3.36. The van der Waals surface area contributed by atoms with Crippen molar-refractivity contribution >= 4 is 22.7 Å². The van der Waals surface area contributed by atoms with Gasteiger partial charge < -0.3 is 9.47 Å². The molecule has 25 heavy (non-hydrogen) atoms. The van der Waals surface area contributed by atoms with E-state index >= 15 is 0 Å². The van der Waals surface area contributed by atoms with Gasteiger partial charge in [-0.1, -0.05) is 29.5 Å². The van der Waals surface area contributed by atoms with Crippen LogP contribution in [0.2, 0.25) is 0 Å². The Balaban J connectivity index is 1.69. The fraction of sp³-hybridized carbons (Fsp3) is 0.200. The Bertz CT molecular complexity index is 947. The van der Waals surface area contributed by atoms with Gasteiger partial charge >= 0.3 is 0 Å². The lowest BCUT2D eigenvalue weighted by Gasteiger charge is -2.15. The smallest absolute Gasteiger partial charge is 0.209 e. The summed E-state index contributed by atoms with van der Waals surface area (Å²) in [5, 5.41) is 0.770. The molecule has 0 unspecified atom stereocenters. The van der Waals surface area contributed by atoms with Crippen molar-refractivity contribution in [2.75, 3.05) is 14.2 Å². The monoisotopic (exact) mass is 350 g/mol. The number of nitrogens with zero attached hydrogens (tertiary/aromatic N) is 2. The zero-order chi connectivity index (χ0) is 17.2. The van der Waals surface area contributed by atoms with E-state index in [1.165, 1.54) is 10.4 Å². The minimum Gasteiger partial charge on any atom is -0.497 e. The van der Waals surface area contributed by atoms with Crippen LogP contribution in [0.15, 0.2) is 47.5 Å². The van der Waals surface area contributed by atoms with Crippen molar-refractivity contribution in [2.45, 2.75) is 12.8 Å². The minimum absolute atomic E-state index is 0.770. The molecular weight excluding hydrogens is 332 g/mol. The van der Waals surface area contributed by atoms with Gasteiger partial charge in [-0.05, 0) is 42.7 Å². The van der Waals surface area contributed by atoms with Crippen molar-refractivity contribution in [2.24, 2.45) is 4.99 Å². The summed E-state index contributed by atoms with van der Waals surface area (Å²) in [6.45, 7) is 0. The van der Waals surface area contributed by atoms with E-state index in [-0.39, 0.29) is 0 Å². The van der Waals surface area contributed by atoms with Crippen LogP contribution < -0.4 is 9.47 Å². The summed E-state index contributed by atoms with van der Waals surface area (Å²) in [6.07, 6.45) is 3.86. The minimum atomic E-state index is 0.770. The van der Waals surface area contributed by atoms with Gasteiger partial charge in [0, 0.05) is 22.2 Å². The predicted octanol–water partition coefficient (Wildman–Crippen LogP) is 4.68. The van der Waals surface area contributed by atoms with Crippen LogP contribution in [-0.4, -0.2) is 25.4 Å². The van der Waals surface area contributed by atoms with Gasteiger partial charge in [-0.15, -0.1) is 0 Å². The normalized spacial score (nSPS) is 12.7. The van der Waals surface area contributed by atoms with E-state index in [4.69, 9.17) is 14.5 Å². The fourth-order valence-electron chi connectivity index (χ4n) is 3.04. The van der Waals surface area contributed by atoms with Gasteiger partial charge in [-0.2, -0.15) is 0 Å². The highest BCUT2D eigenvalue weighted by atomic mass is 32.1. The molecule has 0 saturated heterocycles. The van der Waals surface area contributed by atoms with Gasteiger partial charge in [0.25, 0.3) is 0 Å². The molecular formula is C20H18N2O2S. The molecule has 1 heterocycles. The predicted molar refractivity (Wildman–Crippen MR) is 102 cm³/mol. The molecule has 4 nitrogen and oxygen atoms in total. The van der Waals surface area contributed by atoms with E-state index in [0.29, 0.717) is 0 Å². The van der Waals surface area contributed by atoms with Crippen LogP contribution in [0.3, 0.4) is 0 Å². The maximum atomic E-state index is 5.37. The summed E-state index contributed by atoms with van der Waals surface area (Å²) in [4.78, 5) is 10.6. The lowest BCUT2D eigenvalue weighted by atomic mass is 9.93. The highest BCUT2D eigenvalue weighted by molar-refractivity contribution is 7.15. The number of hydrogen-bond acceptors (Lipinski definition) is 5. The molecule has 2 aromatic carbocycles. The number of fused-ring (bicyclic) bond motifs is 3. The molecule has 0 N–H and O–H groups in total. The van der Waals surface area contributed by atoms with Crippen LogP contribution in [0, 0.1) is 0 Å². The van der Waals surface area contributed by atoms with Crippen LogP contribution in [0.25, 0.3) is 11.3 Å². The number of aryl methyl sites for hydroxylation is 2. The molecule has 0 amide bonds. The molecule has 4 rings (SSSR count). The number of benzene rings is 2. The third kappa shape index (κ3) is 3.03. The Morgan fingerprint density at radius 3 is 2.80 bits per heavy atom. The molecule has 0 saturated carbocycles. The molecule has 3 aromatic rings. The standard InChI is InChI=1S/C20H18N2O2S/c1-23-15-9-7-13-8-10-18-19(16(13)11-15)22-20(25-18)21-12-14-5-3-4-6-17(14)24-2/h3-7,9,11-12H,8,10H2,1-2H3. The lowest BCUT2D eigenvalue weighted by molar-refractivity contribution is 0.414. The summed E-state index contributed by atoms with van der Waals surface area (Å²) in [6, 6.07) is 14.0. The second-order valence-electron chi connectivity index (χ2n) is 5.79. The Kier molecular flexibility index (Phi) is 4.24. The van der Waals surface area contributed by atoms with Crippen LogP contribution in [-0.2, 0) is 12.8 Å². The van der Waals surface area contributed by atoms with Crippen LogP contribution >= 0.6 is 11.3 Å². The summed E-state index contributed by atoms with van der Waals surface area (Å²) in [5.74, 6) is 1.67. The van der Waals surface area contributed by atoms with Crippen molar-refractivity contribution in [3.05, 3.63) is 58.5 Å². The van der Waals surface area contributed by atoms with Gasteiger partial charge in [0.1, 0.15) is 11.5 Å². The molecule has 0 aliphatic heterocycles. The molecule has 1 aliphatic rings. The molecule has 1 aromatic heterocycles. The Morgan fingerprint density at radius 1 is 1.08 bits per heavy atom. The van der Waals surface area contributed by atoms with Crippen molar-refractivity contribution < 1.29 is 9.47 Å². The largest absolute Gasteiger partial charge is 0.497 e. The maximum Gasteiger partial charge on any atom is 0.209 e.